The van der Waals surface area contributed by atoms with Crippen LogP contribution in [0.2, 0.25) is 0 Å². The minimum absolute atomic E-state index is 0.558. The summed E-state index contributed by atoms with van der Waals surface area (Å²) in [7, 11) is 0. The van der Waals surface area contributed by atoms with E-state index in [0.29, 0.717) is 5.92 Å². The minimum atomic E-state index is 0.558. The van der Waals surface area contributed by atoms with E-state index in [1.807, 2.05) is 6.20 Å². The van der Waals surface area contributed by atoms with Crippen LogP contribution in [0.3, 0.4) is 0 Å². The van der Waals surface area contributed by atoms with E-state index in [1.54, 1.807) is 0 Å². The summed E-state index contributed by atoms with van der Waals surface area (Å²) in [5, 5.41) is 7.92. The molecule has 1 saturated carbocycles. The molecule has 2 rings (SSSR count). The van der Waals surface area contributed by atoms with Crippen molar-refractivity contribution in [1.29, 1.82) is 0 Å². The third-order valence-electron chi connectivity index (χ3n) is 3.19. The minimum Gasteiger partial charge on any atom is -0.314 e. The van der Waals surface area contributed by atoms with Crippen LogP contribution in [0.5, 0.6) is 0 Å². The predicted octanol–water partition coefficient (Wildman–Crippen LogP) is 2.91. The topological polar surface area (TPSA) is 29.9 Å². The molecule has 0 saturated heterocycles. The molecule has 0 amide bonds. The summed E-state index contributed by atoms with van der Waals surface area (Å²) in [5.41, 5.74) is 1.33. The van der Waals surface area contributed by atoms with Gasteiger partial charge in [0.1, 0.15) is 0 Å². The van der Waals surface area contributed by atoms with Gasteiger partial charge in [-0.25, -0.2) is 0 Å². The zero-order chi connectivity index (χ0) is 11.5. The summed E-state index contributed by atoms with van der Waals surface area (Å²) >= 11 is 3.59. The Morgan fingerprint density at radius 2 is 2.38 bits per heavy atom. The lowest BCUT2D eigenvalue weighted by atomic mass is 10.0. The van der Waals surface area contributed by atoms with Crippen molar-refractivity contribution >= 4 is 15.9 Å². The average Bonchev–Trinajstić information content (AvgIpc) is 3.00. The number of nitrogens with zero attached hydrogens (tertiary/aromatic N) is 2. The van der Waals surface area contributed by atoms with Crippen LogP contribution < -0.4 is 5.32 Å². The Kier molecular flexibility index (Phi) is 4.03. The van der Waals surface area contributed by atoms with Crippen LogP contribution in [0, 0.1) is 0 Å². The second-order valence-electron chi connectivity index (χ2n) is 4.61. The molecule has 1 unspecified atom stereocenters. The van der Waals surface area contributed by atoms with Gasteiger partial charge in [-0.3, -0.25) is 4.68 Å². The molecular weight excluding hydrogens is 266 g/mol. The third-order valence-corrected chi connectivity index (χ3v) is 3.80. The van der Waals surface area contributed by atoms with Crippen LogP contribution in [0.25, 0.3) is 0 Å². The van der Waals surface area contributed by atoms with Crippen LogP contribution >= 0.6 is 15.9 Å². The van der Waals surface area contributed by atoms with Gasteiger partial charge in [0.25, 0.3) is 0 Å². The summed E-state index contributed by atoms with van der Waals surface area (Å²) < 4.78 is 3.24. The molecule has 1 aromatic rings. The van der Waals surface area contributed by atoms with Gasteiger partial charge in [-0.2, -0.15) is 5.10 Å². The van der Waals surface area contributed by atoms with Gasteiger partial charge in [-0.15, -0.1) is 0 Å². The first-order valence-electron chi connectivity index (χ1n) is 6.17. The van der Waals surface area contributed by atoms with Crippen molar-refractivity contribution in [2.75, 3.05) is 6.54 Å². The zero-order valence-corrected chi connectivity index (χ0v) is 11.6. The van der Waals surface area contributed by atoms with Gasteiger partial charge < -0.3 is 5.32 Å². The molecule has 3 nitrogen and oxygen atoms in total. The number of hydrogen-bond donors (Lipinski definition) is 1. The number of aryl methyl sites for hydroxylation is 1. The van der Waals surface area contributed by atoms with Gasteiger partial charge >= 0.3 is 0 Å². The lowest BCUT2D eigenvalue weighted by Crippen LogP contribution is -2.20. The van der Waals surface area contributed by atoms with Gasteiger partial charge in [0.05, 0.1) is 16.4 Å². The van der Waals surface area contributed by atoms with E-state index in [1.165, 1.54) is 25.0 Å². The van der Waals surface area contributed by atoms with E-state index in [2.05, 4.69) is 44.9 Å². The standard InChI is InChI=1S/C12H20BrN3/c1-3-16-12(11(13)8-15-16)9(2)6-7-14-10-4-5-10/h8-10,14H,3-7H2,1-2H3. The van der Waals surface area contributed by atoms with Crippen molar-refractivity contribution in [2.45, 2.75) is 51.6 Å². The molecule has 1 atom stereocenters. The van der Waals surface area contributed by atoms with Crippen molar-refractivity contribution in [3.63, 3.8) is 0 Å². The van der Waals surface area contributed by atoms with Gasteiger partial charge in [-0.05, 0) is 48.7 Å². The van der Waals surface area contributed by atoms with Crippen LogP contribution in [-0.4, -0.2) is 22.4 Å². The predicted molar refractivity (Wildman–Crippen MR) is 69.7 cm³/mol. The number of nitrogens with one attached hydrogen (secondary N) is 1. The molecule has 1 fully saturated rings. The molecule has 0 aromatic carbocycles. The Morgan fingerprint density at radius 1 is 1.62 bits per heavy atom. The Morgan fingerprint density at radius 3 is 3.00 bits per heavy atom. The molecule has 90 valence electrons. The molecule has 0 bridgehead atoms. The molecule has 0 radical (unpaired) electrons. The summed E-state index contributed by atoms with van der Waals surface area (Å²) in [6, 6.07) is 0.812. The van der Waals surface area contributed by atoms with Gasteiger partial charge in [0.2, 0.25) is 0 Å². The first kappa shape index (κ1) is 12.1. The van der Waals surface area contributed by atoms with Crippen molar-refractivity contribution in [2.24, 2.45) is 0 Å². The summed E-state index contributed by atoms with van der Waals surface area (Å²) in [6.45, 7) is 6.48. The second-order valence-corrected chi connectivity index (χ2v) is 5.47. The average molecular weight is 286 g/mol. The van der Waals surface area contributed by atoms with E-state index < -0.39 is 0 Å². The van der Waals surface area contributed by atoms with Crippen molar-refractivity contribution in [1.82, 2.24) is 15.1 Å². The second kappa shape index (κ2) is 5.32. The van der Waals surface area contributed by atoms with Gasteiger partial charge in [0.15, 0.2) is 0 Å². The van der Waals surface area contributed by atoms with Crippen molar-refractivity contribution in [3.8, 4) is 0 Å². The van der Waals surface area contributed by atoms with E-state index in [-0.39, 0.29) is 0 Å². The molecule has 0 aliphatic heterocycles. The number of hydrogen-bond acceptors (Lipinski definition) is 2. The lowest BCUT2D eigenvalue weighted by Gasteiger charge is -2.14. The number of halogens is 1. The molecule has 1 heterocycles. The van der Waals surface area contributed by atoms with Crippen molar-refractivity contribution < 1.29 is 0 Å². The Hall–Kier alpha value is -0.350. The highest BCUT2D eigenvalue weighted by Crippen LogP contribution is 2.27. The highest BCUT2D eigenvalue weighted by Gasteiger charge is 2.21. The van der Waals surface area contributed by atoms with Gasteiger partial charge in [-0.1, -0.05) is 6.92 Å². The molecule has 1 aromatic heterocycles. The highest BCUT2D eigenvalue weighted by atomic mass is 79.9. The maximum absolute atomic E-state index is 4.36. The molecular formula is C12H20BrN3. The first-order chi connectivity index (χ1) is 7.72. The Bertz CT molecular complexity index is 344. The largest absolute Gasteiger partial charge is 0.314 e. The molecule has 0 spiro atoms. The maximum Gasteiger partial charge on any atom is 0.0635 e. The quantitative estimate of drug-likeness (QED) is 0.871. The number of aromatic nitrogens is 2. The normalized spacial score (nSPS) is 17.7. The third kappa shape index (κ3) is 2.86. The first-order valence-corrected chi connectivity index (χ1v) is 6.96. The fourth-order valence-corrected chi connectivity index (χ4v) is 2.73. The van der Waals surface area contributed by atoms with Crippen LogP contribution in [0.15, 0.2) is 10.7 Å². The monoisotopic (exact) mass is 285 g/mol. The van der Waals surface area contributed by atoms with E-state index >= 15 is 0 Å². The summed E-state index contributed by atoms with van der Waals surface area (Å²) in [4.78, 5) is 0. The smallest absolute Gasteiger partial charge is 0.0635 e. The molecule has 16 heavy (non-hydrogen) atoms. The van der Waals surface area contributed by atoms with Crippen LogP contribution in [0.1, 0.15) is 44.7 Å². The molecule has 1 aliphatic rings. The molecule has 1 N–H and O–H groups in total. The zero-order valence-electron chi connectivity index (χ0n) is 10.0. The fraction of sp³-hybridized carbons (Fsp3) is 0.750. The molecule has 4 heteroatoms. The van der Waals surface area contributed by atoms with E-state index in [4.69, 9.17) is 0 Å². The van der Waals surface area contributed by atoms with Crippen molar-refractivity contribution in [3.05, 3.63) is 16.4 Å². The lowest BCUT2D eigenvalue weighted by molar-refractivity contribution is 0.535. The SMILES string of the molecule is CCn1ncc(Br)c1C(C)CCNC1CC1. The Balaban J connectivity index is 1.90. The summed E-state index contributed by atoms with van der Waals surface area (Å²) in [6.07, 6.45) is 5.82. The highest BCUT2D eigenvalue weighted by molar-refractivity contribution is 9.10. The van der Waals surface area contributed by atoms with E-state index in [9.17, 15) is 0 Å². The maximum atomic E-state index is 4.36. The number of rotatable bonds is 6. The summed E-state index contributed by atoms with van der Waals surface area (Å²) in [5.74, 6) is 0.558. The van der Waals surface area contributed by atoms with E-state index in [0.717, 1.165) is 23.6 Å². The van der Waals surface area contributed by atoms with Gasteiger partial charge in [0, 0.05) is 18.5 Å². The Labute approximate surface area is 106 Å². The fourth-order valence-electron chi connectivity index (χ4n) is 2.04. The van der Waals surface area contributed by atoms with Crippen LogP contribution in [-0.2, 0) is 6.54 Å². The van der Waals surface area contributed by atoms with Crippen LogP contribution in [0.4, 0.5) is 0 Å². The molecule has 1 aliphatic carbocycles.